The first-order valence-electron chi connectivity index (χ1n) is 14.7. The van der Waals surface area contributed by atoms with Crippen LogP contribution in [0, 0.1) is 17.8 Å². The summed E-state index contributed by atoms with van der Waals surface area (Å²) in [5.74, 6) is 1.17. The van der Waals surface area contributed by atoms with Gasteiger partial charge in [0.25, 0.3) is 0 Å². The molecule has 0 aromatic rings. The molecule has 4 nitrogen and oxygen atoms in total. The van der Waals surface area contributed by atoms with Crippen LogP contribution in [0.3, 0.4) is 0 Å². The minimum Gasteiger partial charge on any atom is -0.461 e. The van der Waals surface area contributed by atoms with Crippen LogP contribution in [0.15, 0.2) is 23.8 Å². The summed E-state index contributed by atoms with van der Waals surface area (Å²) in [5.41, 5.74) is 1.27. The van der Waals surface area contributed by atoms with Crippen LogP contribution >= 0.6 is 0 Å². The third-order valence-corrected chi connectivity index (χ3v) is 18.5. The van der Waals surface area contributed by atoms with Gasteiger partial charge in [-0.25, -0.2) is 0 Å². The van der Waals surface area contributed by atoms with Gasteiger partial charge in [0.1, 0.15) is 6.61 Å². The van der Waals surface area contributed by atoms with Gasteiger partial charge in [0.2, 0.25) is 0 Å². The number of unbranched alkanes of at least 4 members (excludes halogenated alkanes) is 2. The number of hydrogen-bond acceptors (Lipinski definition) is 4. The Labute approximate surface area is 231 Å². The number of rotatable bonds is 12. The summed E-state index contributed by atoms with van der Waals surface area (Å²) in [7, 11) is -3.78. The molecule has 0 radical (unpaired) electrons. The molecular weight excluding hydrogens is 493 g/mol. The quantitative estimate of drug-likeness (QED) is 0.105. The fourth-order valence-electron chi connectivity index (χ4n) is 5.16. The molecule has 2 aliphatic carbocycles. The largest absolute Gasteiger partial charge is 0.461 e. The fraction of sp³-hybridized carbons (Fsp3) is 0.839. The van der Waals surface area contributed by atoms with E-state index >= 15 is 0 Å². The van der Waals surface area contributed by atoms with Crippen molar-refractivity contribution in [3.05, 3.63) is 23.8 Å². The Morgan fingerprint density at radius 2 is 1.68 bits per heavy atom. The molecular formula is C31H58O4Si2. The number of allylic oxidation sites excluding steroid dienone is 1. The first-order valence-corrected chi connectivity index (χ1v) is 20.6. The third kappa shape index (κ3) is 8.91. The van der Waals surface area contributed by atoms with E-state index in [2.05, 4.69) is 92.9 Å². The van der Waals surface area contributed by atoms with E-state index in [1.165, 1.54) is 31.8 Å². The molecule has 0 unspecified atom stereocenters. The molecule has 0 N–H and O–H groups in total. The van der Waals surface area contributed by atoms with Crippen molar-refractivity contribution in [2.24, 2.45) is 17.8 Å². The standard InChI is InChI=1S/C31H58O4Si2/c1-13-14-15-16-26(34-36(9,10)30(3,4)5)17-18-27-28-20-24(22-33-23(2)32)19-25(28)21-29(27)35-37(11,12)31(6,7)8/h17-19,25-29H,13-16,20-22H2,1-12H3/t25-,26-,27-,28-,29+/m0/s1. The van der Waals surface area contributed by atoms with Crippen LogP contribution in [-0.4, -0.2) is 41.4 Å². The number of hydrogen-bond donors (Lipinski definition) is 0. The first kappa shape index (κ1) is 32.5. The Morgan fingerprint density at radius 3 is 2.22 bits per heavy atom. The molecule has 2 rings (SSSR count). The monoisotopic (exact) mass is 550 g/mol. The molecule has 0 aliphatic heterocycles. The zero-order valence-electron chi connectivity index (χ0n) is 26.2. The molecule has 0 bridgehead atoms. The molecule has 5 atom stereocenters. The Kier molecular flexibility index (Phi) is 11.1. The zero-order valence-corrected chi connectivity index (χ0v) is 28.2. The predicted molar refractivity (Wildman–Crippen MR) is 162 cm³/mol. The molecule has 6 heteroatoms. The highest BCUT2D eigenvalue weighted by Gasteiger charge is 2.49. The average molecular weight is 551 g/mol. The van der Waals surface area contributed by atoms with Crippen LogP contribution in [0.25, 0.3) is 0 Å². The second kappa shape index (κ2) is 12.7. The maximum absolute atomic E-state index is 11.4. The molecule has 0 heterocycles. The van der Waals surface area contributed by atoms with Crippen molar-refractivity contribution in [2.45, 2.75) is 142 Å². The summed E-state index contributed by atoms with van der Waals surface area (Å²) in [6.07, 6.45) is 14.5. The van der Waals surface area contributed by atoms with Crippen molar-refractivity contribution in [3.63, 3.8) is 0 Å². The van der Waals surface area contributed by atoms with Gasteiger partial charge < -0.3 is 13.6 Å². The molecule has 214 valence electrons. The molecule has 0 spiro atoms. The zero-order chi connectivity index (χ0) is 28.2. The molecule has 0 aromatic heterocycles. The van der Waals surface area contributed by atoms with Crippen molar-refractivity contribution in [2.75, 3.05) is 6.61 Å². The Morgan fingerprint density at radius 1 is 1.05 bits per heavy atom. The second-order valence-electron chi connectivity index (χ2n) is 14.7. The highest BCUT2D eigenvalue weighted by Crippen LogP contribution is 2.51. The van der Waals surface area contributed by atoms with Gasteiger partial charge in [-0.2, -0.15) is 0 Å². The lowest BCUT2D eigenvalue weighted by Gasteiger charge is -2.40. The summed E-state index contributed by atoms with van der Waals surface area (Å²) in [6, 6.07) is 0. The first-order chi connectivity index (χ1) is 16.9. The van der Waals surface area contributed by atoms with Gasteiger partial charge in [-0.05, 0) is 72.9 Å². The van der Waals surface area contributed by atoms with E-state index in [1.807, 2.05) is 0 Å². The molecule has 0 saturated heterocycles. The van der Waals surface area contributed by atoms with E-state index in [9.17, 15) is 4.79 Å². The Hall–Kier alpha value is -0.696. The topological polar surface area (TPSA) is 44.8 Å². The second-order valence-corrected chi connectivity index (χ2v) is 24.2. The Bertz CT molecular complexity index is 816. The lowest BCUT2D eigenvalue weighted by atomic mass is 9.89. The maximum atomic E-state index is 11.4. The van der Waals surface area contributed by atoms with Crippen molar-refractivity contribution in [3.8, 4) is 0 Å². The van der Waals surface area contributed by atoms with E-state index in [4.69, 9.17) is 13.6 Å². The van der Waals surface area contributed by atoms with E-state index < -0.39 is 16.6 Å². The van der Waals surface area contributed by atoms with Crippen LogP contribution in [0.5, 0.6) is 0 Å². The van der Waals surface area contributed by atoms with E-state index in [0.717, 1.165) is 19.3 Å². The summed E-state index contributed by atoms with van der Waals surface area (Å²) in [5, 5.41) is 0.376. The van der Waals surface area contributed by atoms with Crippen molar-refractivity contribution >= 4 is 22.6 Å². The predicted octanol–water partition coefficient (Wildman–Crippen LogP) is 9.05. The fourth-order valence-corrected chi connectivity index (χ4v) is 7.83. The van der Waals surface area contributed by atoms with Crippen LogP contribution in [0.4, 0.5) is 0 Å². The molecule has 0 aromatic carbocycles. The lowest BCUT2D eigenvalue weighted by molar-refractivity contribution is -0.140. The molecule has 1 fully saturated rings. The SMILES string of the molecule is CCCCC[C@@H](C=C[C@H]1[C@H]2CC(COC(C)=O)=C[C@H]2C[C@H]1O[Si](C)(C)C(C)(C)C)O[Si](C)(C)C(C)(C)C. The lowest BCUT2D eigenvalue weighted by Crippen LogP contribution is -2.45. The van der Waals surface area contributed by atoms with Crippen molar-refractivity contribution in [1.29, 1.82) is 0 Å². The number of carbonyl (C=O) groups is 1. The van der Waals surface area contributed by atoms with Gasteiger partial charge in [0, 0.05) is 12.8 Å². The summed E-state index contributed by atoms with van der Waals surface area (Å²) < 4.78 is 19.4. The molecule has 0 amide bonds. The van der Waals surface area contributed by atoms with Gasteiger partial charge in [-0.15, -0.1) is 0 Å². The number of carbonyl (C=O) groups excluding carboxylic acids is 1. The summed E-state index contributed by atoms with van der Waals surface area (Å²) in [4.78, 5) is 11.4. The molecule has 37 heavy (non-hydrogen) atoms. The van der Waals surface area contributed by atoms with Gasteiger partial charge in [0.15, 0.2) is 16.6 Å². The highest BCUT2D eigenvalue weighted by atomic mass is 28.4. The van der Waals surface area contributed by atoms with Crippen LogP contribution in [0.2, 0.25) is 36.3 Å². The van der Waals surface area contributed by atoms with Crippen LogP contribution < -0.4 is 0 Å². The molecule has 1 saturated carbocycles. The maximum Gasteiger partial charge on any atom is 0.302 e. The van der Waals surface area contributed by atoms with E-state index in [1.54, 1.807) is 0 Å². The van der Waals surface area contributed by atoms with Crippen molar-refractivity contribution in [1.82, 2.24) is 0 Å². The smallest absolute Gasteiger partial charge is 0.302 e. The normalized spacial score (nSPS) is 25.9. The van der Waals surface area contributed by atoms with Crippen LogP contribution in [-0.2, 0) is 18.4 Å². The highest BCUT2D eigenvalue weighted by molar-refractivity contribution is 6.74. The molecule has 2 aliphatic rings. The minimum atomic E-state index is -1.90. The summed E-state index contributed by atoms with van der Waals surface area (Å²) >= 11 is 0. The van der Waals surface area contributed by atoms with E-state index in [-0.39, 0.29) is 28.3 Å². The average Bonchev–Trinajstić information content (AvgIpc) is 3.25. The van der Waals surface area contributed by atoms with Gasteiger partial charge in [-0.1, -0.05) is 86.0 Å². The van der Waals surface area contributed by atoms with E-state index in [0.29, 0.717) is 24.4 Å². The third-order valence-electron chi connectivity index (χ3n) is 9.53. The van der Waals surface area contributed by atoms with Gasteiger partial charge >= 0.3 is 5.97 Å². The summed E-state index contributed by atoms with van der Waals surface area (Å²) in [6.45, 7) is 27.6. The number of fused-ring (bicyclic) bond motifs is 1. The van der Waals surface area contributed by atoms with Crippen molar-refractivity contribution < 1.29 is 18.4 Å². The Balaban J connectivity index is 2.30. The minimum absolute atomic E-state index is 0.162. The number of esters is 1. The van der Waals surface area contributed by atoms with Gasteiger partial charge in [-0.3, -0.25) is 4.79 Å². The van der Waals surface area contributed by atoms with Gasteiger partial charge in [0.05, 0.1) is 12.2 Å². The van der Waals surface area contributed by atoms with Crippen LogP contribution in [0.1, 0.15) is 93.9 Å². The number of ether oxygens (including phenoxy) is 1.